The van der Waals surface area contributed by atoms with E-state index in [0.717, 1.165) is 18.4 Å². The highest BCUT2D eigenvalue weighted by molar-refractivity contribution is 7.88. The Balaban J connectivity index is 1.33. The molecular weight excluding hydrogens is 394 g/mol. The van der Waals surface area contributed by atoms with Crippen LogP contribution >= 0.6 is 0 Å². The lowest BCUT2D eigenvalue weighted by Gasteiger charge is -2.39. The zero-order valence-corrected chi connectivity index (χ0v) is 18.2. The largest absolute Gasteiger partial charge is 0.445 e. The number of hydrogen-bond acceptors (Lipinski definition) is 6. The SMILES string of the molecule is CC(C)(C)S(=O)(=O)OC1CC(OC2CCN(C(=O)OCc3ccccc3)CC2)C1. The van der Waals surface area contributed by atoms with Crippen molar-refractivity contribution in [3.63, 3.8) is 0 Å². The van der Waals surface area contributed by atoms with Gasteiger partial charge in [0.05, 0.1) is 23.1 Å². The highest BCUT2D eigenvalue weighted by Gasteiger charge is 2.40. The van der Waals surface area contributed by atoms with Crippen LogP contribution in [0.2, 0.25) is 0 Å². The van der Waals surface area contributed by atoms with Crippen LogP contribution in [0.25, 0.3) is 0 Å². The number of carbonyl (C=O) groups is 1. The average molecular weight is 426 g/mol. The molecule has 162 valence electrons. The maximum absolute atomic E-state index is 12.2. The van der Waals surface area contributed by atoms with Crippen LogP contribution in [0.3, 0.4) is 0 Å². The lowest BCUT2D eigenvalue weighted by Crippen LogP contribution is -2.46. The first-order valence-electron chi connectivity index (χ1n) is 10.2. The standard InChI is InChI=1S/C21H31NO6S/c1-21(2,3)29(24,25)28-19-13-18(14-19)27-17-9-11-22(12-10-17)20(23)26-15-16-7-5-4-6-8-16/h4-8,17-19H,9-15H2,1-3H3. The van der Waals surface area contributed by atoms with Crippen LogP contribution in [0.1, 0.15) is 52.0 Å². The van der Waals surface area contributed by atoms with E-state index in [1.165, 1.54) is 0 Å². The zero-order chi connectivity index (χ0) is 21.1. The second kappa shape index (κ2) is 9.02. The van der Waals surface area contributed by atoms with Gasteiger partial charge in [0.25, 0.3) is 10.1 Å². The number of hydrogen-bond donors (Lipinski definition) is 0. The summed E-state index contributed by atoms with van der Waals surface area (Å²) in [6, 6.07) is 9.61. The molecule has 8 heteroatoms. The van der Waals surface area contributed by atoms with Crippen molar-refractivity contribution >= 4 is 16.2 Å². The monoisotopic (exact) mass is 425 g/mol. The lowest BCUT2D eigenvalue weighted by atomic mass is 9.91. The number of rotatable bonds is 6. The highest BCUT2D eigenvalue weighted by atomic mass is 32.2. The summed E-state index contributed by atoms with van der Waals surface area (Å²) in [6.45, 7) is 6.37. The number of ether oxygens (including phenoxy) is 2. The third-order valence-corrected chi connectivity index (χ3v) is 7.38. The fourth-order valence-electron chi connectivity index (χ4n) is 3.29. The Morgan fingerprint density at radius 2 is 1.66 bits per heavy atom. The van der Waals surface area contributed by atoms with Crippen LogP contribution < -0.4 is 0 Å². The van der Waals surface area contributed by atoms with Crippen LogP contribution in [-0.2, 0) is 30.4 Å². The minimum absolute atomic E-state index is 0.0248. The third-order valence-electron chi connectivity index (χ3n) is 5.35. The van der Waals surface area contributed by atoms with Gasteiger partial charge in [-0.25, -0.2) is 4.79 Å². The Hall–Kier alpha value is -1.64. The van der Waals surface area contributed by atoms with Gasteiger partial charge in [0, 0.05) is 25.9 Å². The maximum Gasteiger partial charge on any atom is 0.410 e. The quantitative estimate of drug-likeness (QED) is 0.649. The van der Waals surface area contributed by atoms with Crippen molar-refractivity contribution in [2.45, 2.75) is 76.1 Å². The Morgan fingerprint density at radius 3 is 2.24 bits per heavy atom. The summed E-state index contributed by atoms with van der Waals surface area (Å²) >= 11 is 0. The van der Waals surface area contributed by atoms with E-state index in [4.69, 9.17) is 13.7 Å². The molecule has 2 aliphatic rings. The summed E-state index contributed by atoms with van der Waals surface area (Å²) < 4.78 is 40.0. The summed E-state index contributed by atoms with van der Waals surface area (Å²) in [5.41, 5.74) is 0.967. The zero-order valence-electron chi connectivity index (χ0n) is 17.4. The lowest BCUT2D eigenvalue weighted by molar-refractivity contribution is -0.108. The van der Waals surface area contributed by atoms with Crippen molar-refractivity contribution in [2.24, 2.45) is 0 Å². The molecule has 1 aliphatic heterocycles. The van der Waals surface area contributed by atoms with E-state index in [1.807, 2.05) is 30.3 Å². The van der Waals surface area contributed by atoms with Gasteiger partial charge in [0.15, 0.2) is 0 Å². The van der Waals surface area contributed by atoms with Crippen molar-refractivity contribution in [3.05, 3.63) is 35.9 Å². The molecule has 0 spiro atoms. The fraction of sp³-hybridized carbons (Fsp3) is 0.667. The molecule has 1 heterocycles. The van der Waals surface area contributed by atoms with Crippen molar-refractivity contribution in [2.75, 3.05) is 13.1 Å². The third kappa shape index (κ3) is 5.93. The van der Waals surface area contributed by atoms with Gasteiger partial charge in [-0.2, -0.15) is 8.42 Å². The Labute approximate surface area is 173 Å². The van der Waals surface area contributed by atoms with Crippen LogP contribution in [0.5, 0.6) is 0 Å². The molecular formula is C21H31NO6S. The van der Waals surface area contributed by atoms with E-state index >= 15 is 0 Å². The van der Waals surface area contributed by atoms with E-state index in [1.54, 1.807) is 25.7 Å². The molecule has 29 heavy (non-hydrogen) atoms. The molecule has 1 aromatic carbocycles. The smallest absolute Gasteiger partial charge is 0.410 e. The normalized spacial score (nSPS) is 23.5. The summed E-state index contributed by atoms with van der Waals surface area (Å²) in [7, 11) is -3.57. The van der Waals surface area contributed by atoms with Crippen LogP contribution in [0.4, 0.5) is 4.79 Å². The molecule has 1 amide bonds. The number of benzene rings is 1. The van der Waals surface area contributed by atoms with E-state index in [9.17, 15) is 13.2 Å². The van der Waals surface area contributed by atoms with Gasteiger partial charge in [-0.3, -0.25) is 4.18 Å². The van der Waals surface area contributed by atoms with Gasteiger partial charge in [-0.15, -0.1) is 0 Å². The Bertz CT molecular complexity index is 775. The second-order valence-corrected chi connectivity index (χ2v) is 11.1. The summed E-state index contributed by atoms with van der Waals surface area (Å²) in [5.74, 6) is 0. The molecule has 7 nitrogen and oxygen atoms in total. The van der Waals surface area contributed by atoms with Crippen molar-refractivity contribution in [1.29, 1.82) is 0 Å². The van der Waals surface area contributed by atoms with Gasteiger partial charge in [0.1, 0.15) is 6.61 Å². The van der Waals surface area contributed by atoms with Crippen LogP contribution in [0, 0.1) is 0 Å². The topological polar surface area (TPSA) is 82.1 Å². The van der Waals surface area contributed by atoms with Gasteiger partial charge >= 0.3 is 6.09 Å². The molecule has 0 unspecified atom stereocenters. The summed E-state index contributed by atoms with van der Waals surface area (Å²) in [4.78, 5) is 13.9. The van der Waals surface area contributed by atoms with Gasteiger partial charge in [-0.05, 0) is 39.2 Å². The number of piperidine rings is 1. The maximum atomic E-state index is 12.2. The van der Waals surface area contributed by atoms with E-state index in [-0.39, 0.29) is 31.0 Å². The van der Waals surface area contributed by atoms with Crippen LogP contribution in [0.15, 0.2) is 30.3 Å². The molecule has 1 aliphatic carbocycles. The van der Waals surface area contributed by atoms with Gasteiger partial charge in [0.2, 0.25) is 0 Å². The number of nitrogens with zero attached hydrogens (tertiary/aromatic N) is 1. The molecule has 1 saturated heterocycles. The minimum Gasteiger partial charge on any atom is -0.445 e. The van der Waals surface area contributed by atoms with Crippen LogP contribution in [-0.4, -0.2) is 55.6 Å². The van der Waals surface area contributed by atoms with Crippen molar-refractivity contribution in [3.8, 4) is 0 Å². The average Bonchev–Trinajstić information content (AvgIpc) is 2.64. The van der Waals surface area contributed by atoms with E-state index in [2.05, 4.69) is 0 Å². The van der Waals surface area contributed by atoms with Gasteiger partial charge in [-0.1, -0.05) is 30.3 Å². The second-order valence-electron chi connectivity index (χ2n) is 8.74. The molecule has 0 N–H and O–H groups in total. The van der Waals surface area contributed by atoms with E-state index < -0.39 is 14.9 Å². The van der Waals surface area contributed by atoms with Crippen molar-refractivity contribution in [1.82, 2.24) is 4.90 Å². The predicted molar refractivity (Wildman–Crippen MR) is 109 cm³/mol. The number of carbonyl (C=O) groups excluding carboxylic acids is 1. The molecule has 0 aromatic heterocycles. The first kappa shape index (κ1) is 22.1. The summed E-state index contributed by atoms with van der Waals surface area (Å²) in [5, 5.41) is 0. The molecule has 0 atom stereocenters. The molecule has 0 bridgehead atoms. The first-order valence-corrected chi connectivity index (χ1v) is 11.6. The molecule has 1 aromatic rings. The fourth-order valence-corrected chi connectivity index (χ4v) is 4.09. The molecule has 1 saturated carbocycles. The number of likely N-dealkylation sites (tertiary alicyclic amines) is 1. The summed E-state index contributed by atoms with van der Waals surface area (Å²) in [6.07, 6.45) is 2.21. The molecule has 2 fully saturated rings. The predicted octanol–water partition coefficient (Wildman–Crippen LogP) is 3.48. The first-order chi connectivity index (χ1) is 13.6. The van der Waals surface area contributed by atoms with Gasteiger partial charge < -0.3 is 14.4 Å². The minimum atomic E-state index is -3.57. The Kier molecular flexibility index (Phi) is 6.86. The highest BCUT2D eigenvalue weighted by Crippen LogP contribution is 2.32. The Morgan fingerprint density at radius 1 is 1.03 bits per heavy atom. The van der Waals surface area contributed by atoms with E-state index in [0.29, 0.717) is 25.9 Å². The molecule has 3 rings (SSSR count). The number of amides is 1. The molecule has 0 radical (unpaired) electrons. The van der Waals surface area contributed by atoms with Crippen molar-refractivity contribution < 1.29 is 26.9 Å².